The van der Waals surface area contributed by atoms with Gasteiger partial charge in [-0.25, -0.2) is 0 Å². The molecule has 0 saturated carbocycles. The third-order valence-corrected chi connectivity index (χ3v) is 4.67. The van der Waals surface area contributed by atoms with Gasteiger partial charge in [-0.2, -0.15) is 0 Å². The van der Waals surface area contributed by atoms with Crippen molar-refractivity contribution < 1.29 is 14.3 Å². The second-order valence-electron chi connectivity index (χ2n) is 7.39. The summed E-state index contributed by atoms with van der Waals surface area (Å²) in [5.74, 6) is -0.282. The van der Waals surface area contributed by atoms with Crippen LogP contribution in [0, 0.1) is 11.3 Å². The van der Waals surface area contributed by atoms with Crippen LogP contribution < -0.4 is 5.32 Å². The van der Waals surface area contributed by atoms with Gasteiger partial charge in [-0.15, -0.1) is 0 Å². The minimum Gasteiger partial charge on any atom is -0.461 e. The summed E-state index contributed by atoms with van der Waals surface area (Å²) in [4.78, 5) is 25.4. The molecule has 1 amide bonds. The van der Waals surface area contributed by atoms with Crippen LogP contribution in [0.15, 0.2) is 0 Å². The van der Waals surface area contributed by atoms with Gasteiger partial charge in [-0.1, -0.05) is 52.4 Å². The second kappa shape index (κ2) is 11.9. The van der Waals surface area contributed by atoms with Gasteiger partial charge in [0.15, 0.2) is 5.96 Å². The Morgan fingerprint density at radius 3 is 2.20 bits per heavy atom. The summed E-state index contributed by atoms with van der Waals surface area (Å²) in [6.07, 6.45) is 10.2. The number of rotatable bonds is 1. The molecule has 1 atom stereocenters. The van der Waals surface area contributed by atoms with Crippen molar-refractivity contribution in [1.82, 2.24) is 10.2 Å². The molecule has 6 heteroatoms. The van der Waals surface area contributed by atoms with Crippen LogP contribution in [0.5, 0.6) is 0 Å². The molecule has 0 aromatic rings. The van der Waals surface area contributed by atoms with E-state index in [0.717, 1.165) is 32.1 Å². The third-order valence-electron chi connectivity index (χ3n) is 4.67. The molecule has 1 fully saturated rings. The van der Waals surface area contributed by atoms with Gasteiger partial charge in [0.25, 0.3) is 0 Å². The van der Waals surface area contributed by atoms with Crippen LogP contribution in [-0.4, -0.2) is 42.4 Å². The highest BCUT2D eigenvalue weighted by molar-refractivity contribution is 5.96. The summed E-state index contributed by atoms with van der Waals surface area (Å²) in [7, 11) is 1.62. The van der Waals surface area contributed by atoms with Crippen molar-refractivity contribution >= 4 is 17.8 Å². The number of likely N-dealkylation sites (N-methyl/N-ethyl adjacent to an activating group) is 1. The van der Waals surface area contributed by atoms with E-state index in [9.17, 15) is 9.59 Å². The summed E-state index contributed by atoms with van der Waals surface area (Å²) in [6, 6.07) is 0. The van der Waals surface area contributed by atoms with Crippen molar-refractivity contribution in [3.8, 4) is 0 Å². The smallest absolute Gasteiger partial charge is 0.325 e. The molecule has 2 N–H and O–H groups in total. The first-order chi connectivity index (χ1) is 11.9. The maximum absolute atomic E-state index is 12.2. The maximum atomic E-state index is 12.2. The highest BCUT2D eigenvalue weighted by Crippen LogP contribution is 2.17. The first-order valence-electron chi connectivity index (χ1n) is 9.69. The zero-order valence-electron chi connectivity index (χ0n) is 16.1. The number of carbonyl (C=O) groups excluding carboxylic acids is 2. The van der Waals surface area contributed by atoms with Crippen LogP contribution in [0.2, 0.25) is 0 Å². The summed E-state index contributed by atoms with van der Waals surface area (Å²) in [5.41, 5.74) is 0. The number of ether oxygens (including phenoxy) is 1. The normalized spacial score (nSPS) is 23.6. The number of nitrogens with zero attached hydrogens (tertiary/aromatic N) is 1. The van der Waals surface area contributed by atoms with E-state index < -0.39 is 0 Å². The molecule has 0 radical (unpaired) electrons. The minimum absolute atomic E-state index is 0.0255. The summed E-state index contributed by atoms with van der Waals surface area (Å²) >= 11 is 0. The Labute approximate surface area is 152 Å². The minimum atomic E-state index is -0.346. The number of guanidine groups is 1. The molecule has 1 aliphatic heterocycles. The molecule has 0 aromatic heterocycles. The lowest BCUT2D eigenvalue weighted by Crippen LogP contribution is -2.44. The topological polar surface area (TPSA) is 82.5 Å². The monoisotopic (exact) mass is 353 g/mol. The van der Waals surface area contributed by atoms with Crippen molar-refractivity contribution in [2.45, 2.75) is 84.2 Å². The molecule has 0 aromatic carbocycles. The zero-order valence-corrected chi connectivity index (χ0v) is 16.1. The Bertz CT molecular complexity index is 438. The Kier molecular flexibility index (Phi) is 10.2. The Morgan fingerprint density at radius 2 is 1.60 bits per heavy atom. The largest absolute Gasteiger partial charge is 0.461 e. The SMILES string of the molecule is CC(C)C1CCCCCCCCCCC(=O)NC(=N)N(C)CC(=O)O1. The van der Waals surface area contributed by atoms with Crippen LogP contribution in [0.3, 0.4) is 0 Å². The number of esters is 1. The number of amides is 1. The van der Waals surface area contributed by atoms with E-state index in [1.165, 1.54) is 30.6 Å². The molecule has 1 rings (SSSR count). The first-order valence-corrected chi connectivity index (χ1v) is 9.69. The van der Waals surface area contributed by atoms with Crippen LogP contribution in [0.25, 0.3) is 0 Å². The number of hydrogen-bond donors (Lipinski definition) is 2. The molecule has 144 valence electrons. The van der Waals surface area contributed by atoms with Crippen molar-refractivity contribution in [3.05, 3.63) is 0 Å². The zero-order chi connectivity index (χ0) is 18.7. The molecule has 0 spiro atoms. The van der Waals surface area contributed by atoms with E-state index >= 15 is 0 Å². The molecule has 1 aliphatic rings. The van der Waals surface area contributed by atoms with Gasteiger partial charge in [0.1, 0.15) is 12.6 Å². The lowest BCUT2D eigenvalue weighted by molar-refractivity contribution is -0.152. The van der Waals surface area contributed by atoms with Crippen molar-refractivity contribution in [1.29, 1.82) is 5.41 Å². The first kappa shape index (κ1) is 21.5. The molecule has 6 nitrogen and oxygen atoms in total. The van der Waals surface area contributed by atoms with Gasteiger partial charge in [0, 0.05) is 13.5 Å². The average molecular weight is 354 g/mol. The highest BCUT2D eigenvalue weighted by Gasteiger charge is 2.20. The van der Waals surface area contributed by atoms with Crippen LogP contribution in [0.1, 0.15) is 78.1 Å². The van der Waals surface area contributed by atoms with Crippen LogP contribution >= 0.6 is 0 Å². The van der Waals surface area contributed by atoms with Gasteiger partial charge >= 0.3 is 5.97 Å². The van der Waals surface area contributed by atoms with Gasteiger partial charge in [0.2, 0.25) is 5.91 Å². The molecular weight excluding hydrogens is 318 g/mol. The van der Waals surface area contributed by atoms with E-state index in [1.54, 1.807) is 7.05 Å². The molecule has 0 bridgehead atoms. The molecule has 1 unspecified atom stereocenters. The highest BCUT2D eigenvalue weighted by atomic mass is 16.5. The molecule has 1 saturated heterocycles. The fourth-order valence-electron chi connectivity index (χ4n) is 2.99. The second-order valence-corrected chi connectivity index (χ2v) is 7.39. The van der Waals surface area contributed by atoms with Gasteiger partial charge < -0.3 is 9.64 Å². The molecule has 25 heavy (non-hydrogen) atoms. The third kappa shape index (κ3) is 9.46. The lowest BCUT2D eigenvalue weighted by Gasteiger charge is -2.24. The average Bonchev–Trinajstić information content (AvgIpc) is 2.54. The fraction of sp³-hybridized carbons (Fsp3) is 0.842. The van der Waals surface area contributed by atoms with Crippen molar-refractivity contribution in [2.75, 3.05) is 13.6 Å². The van der Waals surface area contributed by atoms with Gasteiger partial charge in [-0.05, 0) is 25.2 Å². The Balaban J connectivity index is 2.61. The number of carbonyl (C=O) groups is 2. The molecular formula is C19H35N3O3. The van der Waals surface area contributed by atoms with Gasteiger partial charge in [0.05, 0.1) is 0 Å². The van der Waals surface area contributed by atoms with E-state index in [0.29, 0.717) is 6.42 Å². The van der Waals surface area contributed by atoms with E-state index in [-0.39, 0.29) is 36.4 Å². The number of hydrogen-bond acceptors (Lipinski definition) is 4. The summed E-state index contributed by atoms with van der Waals surface area (Å²) in [5, 5.41) is 10.5. The number of cyclic esters (lactones) is 1. The standard InChI is InChI=1S/C19H35N3O3/c1-15(2)16-12-10-8-6-4-5-7-9-11-13-17(23)21-19(20)22(3)14-18(24)25-16/h15-16H,4-14H2,1-3H3,(H2,20,21,23). The molecule has 0 aliphatic carbocycles. The summed E-state index contributed by atoms with van der Waals surface area (Å²) in [6.45, 7) is 4.11. The van der Waals surface area contributed by atoms with Crippen LogP contribution in [0.4, 0.5) is 0 Å². The summed E-state index contributed by atoms with van der Waals surface area (Å²) < 4.78 is 5.61. The van der Waals surface area contributed by atoms with E-state index in [1.807, 2.05) is 0 Å². The van der Waals surface area contributed by atoms with Crippen molar-refractivity contribution in [2.24, 2.45) is 5.92 Å². The fourth-order valence-corrected chi connectivity index (χ4v) is 2.99. The number of nitrogens with one attached hydrogen (secondary N) is 2. The van der Waals surface area contributed by atoms with E-state index in [4.69, 9.17) is 10.1 Å². The Morgan fingerprint density at radius 1 is 1.04 bits per heavy atom. The van der Waals surface area contributed by atoms with Crippen molar-refractivity contribution in [3.63, 3.8) is 0 Å². The maximum Gasteiger partial charge on any atom is 0.325 e. The molecule has 1 heterocycles. The lowest BCUT2D eigenvalue weighted by atomic mass is 9.99. The predicted octanol–water partition coefficient (Wildman–Crippen LogP) is 3.45. The quantitative estimate of drug-likeness (QED) is 0.707. The van der Waals surface area contributed by atoms with Crippen LogP contribution in [-0.2, 0) is 14.3 Å². The van der Waals surface area contributed by atoms with Gasteiger partial charge in [-0.3, -0.25) is 20.3 Å². The van der Waals surface area contributed by atoms with E-state index in [2.05, 4.69) is 19.2 Å². The predicted molar refractivity (Wildman–Crippen MR) is 99.4 cm³/mol. The Hall–Kier alpha value is -1.59.